The van der Waals surface area contributed by atoms with E-state index >= 15 is 0 Å². The predicted molar refractivity (Wildman–Crippen MR) is 415 cm³/mol. The standard InChI is InChI=1S/C29H30F3N5O2.C19H21N3O2.C10H14N2O3.C10H16N2O.C6H5FN2O2.C4H7F3O/c1-37(2)14-4-16-39-22-10-12-24-26(18-22)36-28(34-24)20-7-5-19(6-8-20)27-33-23-11-9-21(17-25(23)35-27)38-15-3-13-29(30,31)32;1-22(2)10-3-11-24-16-8-9-17-18(12-16)21-19(20-17)15-6-4-14(13-23)5-7-15;1-2-3-6-15-8-4-5-10(12(13)14)9(11)7-8;1-2-3-6-13-8-4-5-9(11)10(12)7-8;7-4-1-2-6(9(10)11)5(8)3-4;5-4(6,7)2-1-3-8/h5-12,17-18H,3-4,13-16H2,1-2H3,(H,33,35)(H,34,36);4-9,12-13H,3,10-11H2,1-2H3,(H,20,21);4-5,7H,2-3,6,11H2,1H3;4-5,7H,2-3,6,11-12H2,1H3;1-3H,8H2;8H,1-3H2. The third-order valence-corrected chi connectivity index (χ3v) is 15.6. The fourth-order valence-electron chi connectivity index (χ4n) is 9.83. The Labute approximate surface area is 631 Å². The van der Waals surface area contributed by atoms with E-state index in [1.54, 1.807) is 48.5 Å². The molecule has 0 aliphatic carbocycles. The van der Waals surface area contributed by atoms with Crippen molar-refractivity contribution in [2.45, 2.75) is 90.4 Å². The minimum absolute atomic E-state index is 0.000372. The molecule has 32 heteroatoms. The van der Waals surface area contributed by atoms with E-state index in [9.17, 15) is 55.8 Å². The summed E-state index contributed by atoms with van der Waals surface area (Å²) in [7, 11) is 8.20. The Bertz CT molecular complexity index is 4650. The molecule has 3 aromatic heterocycles. The second-order valence-electron chi connectivity index (χ2n) is 25.3. The fraction of sp³-hybridized carbons (Fsp3) is 0.333. The van der Waals surface area contributed by atoms with Crippen LogP contribution in [-0.4, -0.2) is 154 Å². The van der Waals surface area contributed by atoms with Gasteiger partial charge >= 0.3 is 12.4 Å². The van der Waals surface area contributed by atoms with Crippen LogP contribution in [0.2, 0.25) is 0 Å². The summed E-state index contributed by atoms with van der Waals surface area (Å²) in [5.41, 5.74) is 31.2. The van der Waals surface area contributed by atoms with Gasteiger partial charge in [0.1, 0.15) is 69.7 Å². The maximum atomic E-state index is 12.3. The number of ether oxygens (including phenoxy) is 5. The van der Waals surface area contributed by atoms with Crippen molar-refractivity contribution in [2.24, 2.45) is 0 Å². The van der Waals surface area contributed by atoms with Crippen molar-refractivity contribution < 1.29 is 74.2 Å². The molecule has 110 heavy (non-hydrogen) atoms. The molecule has 0 aliphatic rings. The summed E-state index contributed by atoms with van der Waals surface area (Å²) in [5.74, 6) is 5.18. The number of aromatic nitrogens is 6. The first-order chi connectivity index (χ1) is 52.4. The van der Waals surface area contributed by atoms with E-state index in [0.717, 1.165) is 161 Å². The van der Waals surface area contributed by atoms with Gasteiger partial charge in [-0.25, -0.2) is 19.3 Å². The Hall–Kier alpha value is -11.8. The van der Waals surface area contributed by atoms with Crippen LogP contribution in [0, 0.1) is 26.0 Å². The van der Waals surface area contributed by atoms with Crippen LogP contribution in [0.4, 0.5) is 64.9 Å². The molecule has 8 aromatic carbocycles. The third-order valence-electron chi connectivity index (χ3n) is 15.6. The van der Waals surface area contributed by atoms with Gasteiger partial charge in [0, 0.05) is 103 Å². The van der Waals surface area contributed by atoms with E-state index in [0.29, 0.717) is 54.1 Å². The number of nitro benzene ring substituents is 2. The number of hydrogen-bond acceptors (Lipinski definition) is 20. The molecule has 25 nitrogen and oxygen atoms in total. The molecule has 0 radical (unpaired) electrons. The zero-order chi connectivity index (χ0) is 80.3. The largest absolute Gasteiger partial charge is 0.494 e. The number of nitrogens with two attached hydrogens (primary N) is 4. The molecule has 0 atom stereocenters. The van der Waals surface area contributed by atoms with Crippen LogP contribution in [0.5, 0.6) is 28.7 Å². The highest BCUT2D eigenvalue weighted by molar-refractivity contribution is 5.84. The summed E-state index contributed by atoms with van der Waals surface area (Å²) in [4.78, 5) is 58.4. The molecule has 0 unspecified atom stereocenters. The third kappa shape index (κ3) is 30.5. The molecule has 0 aliphatic heterocycles. The van der Waals surface area contributed by atoms with Crippen LogP contribution in [-0.2, 0) is 0 Å². The topological polar surface area (TPSA) is 366 Å². The van der Waals surface area contributed by atoms with Gasteiger partial charge in [-0.3, -0.25) is 25.0 Å². The number of nitrogens with one attached hydrogen (secondary N) is 3. The van der Waals surface area contributed by atoms with E-state index in [-0.39, 0.29) is 48.8 Å². The lowest BCUT2D eigenvalue weighted by Crippen LogP contribution is -2.15. The van der Waals surface area contributed by atoms with Gasteiger partial charge in [-0.2, -0.15) is 26.3 Å². The van der Waals surface area contributed by atoms with Crippen LogP contribution in [0.15, 0.2) is 158 Å². The van der Waals surface area contributed by atoms with E-state index in [2.05, 4.69) is 62.7 Å². The van der Waals surface area contributed by atoms with Gasteiger partial charge in [0.25, 0.3) is 11.4 Å². The van der Waals surface area contributed by atoms with Crippen LogP contribution < -0.4 is 46.6 Å². The Morgan fingerprint density at radius 1 is 0.445 bits per heavy atom. The summed E-state index contributed by atoms with van der Waals surface area (Å²) >= 11 is 0. The number of halogens is 7. The van der Waals surface area contributed by atoms with Gasteiger partial charge in [-0.1, -0.05) is 75.2 Å². The number of aliphatic hydroxyl groups excluding tert-OH is 1. The SMILES string of the molecule is CCCCOc1ccc(N)c(N)c1.CCCCOc1ccc([N+](=O)[O-])c(N)c1.CN(C)CCCOc1ccc2nc(-c3ccc(-c4nc5ccc(OCCCC(F)(F)F)cc5[nH]4)cc3)[nH]c2c1.CN(C)CCCOc1ccc2nc(-c3ccc(C=O)cc3)[nH]c2c1.Nc1cc(F)ccc1[N+](=O)[O-].OCCCC(F)(F)F. The molecular formula is C78H93F7N14O11. The highest BCUT2D eigenvalue weighted by Gasteiger charge is 2.27. The number of anilines is 4. The van der Waals surface area contributed by atoms with Crippen LogP contribution in [0.25, 0.3) is 67.3 Å². The maximum absolute atomic E-state index is 12.3. The predicted octanol–water partition coefficient (Wildman–Crippen LogP) is 17.2. The van der Waals surface area contributed by atoms with Crippen molar-refractivity contribution in [3.8, 4) is 62.9 Å². The van der Waals surface area contributed by atoms with Crippen molar-refractivity contribution in [1.29, 1.82) is 0 Å². The second-order valence-corrected chi connectivity index (χ2v) is 25.3. The van der Waals surface area contributed by atoms with Gasteiger partial charge < -0.3 is 76.5 Å². The minimum atomic E-state index is -4.17. The van der Waals surface area contributed by atoms with Crippen molar-refractivity contribution in [3.05, 3.63) is 189 Å². The molecule has 0 spiro atoms. The number of alkyl halides is 6. The average Bonchev–Trinajstić information content (AvgIpc) is 1.67. The smallest absolute Gasteiger partial charge is 0.389 e. The summed E-state index contributed by atoms with van der Waals surface area (Å²) in [6, 6.07) is 44.9. The number of carbonyl (C=O) groups is 1. The molecule has 11 aromatic rings. The Morgan fingerprint density at radius 3 is 1.12 bits per heavy atom. The zero-order valence-corrected chi connectivity index (χ0v) is 61.9. The number of imidazole rings is 3. The molecule has 0 saturated carbocycles. The lowest BCUT2D eigenvalue weighted by atomic mass is 10.1. The van der Waals surface area contributed by atoms with Crippen molar-refractivity contribution in [3.63, 3.8) is 0 Å². The van der Waals surface area contributed by atoms with Crippen molar-refractivity contribution in [1.82, 2.24) is 39.7 Å². The number of aliphatic hydroxyl groups is 1. The number of hydrogen-bond donors (Lipinski definition) is 8. The molecule has 11 rings (SSSR count). The van der Waals surface area contributed by atoms with Crippen molar-refractivity contribution in [2.75, 3.05) is 104 Å². The van der Waals surface area contributed by atoms with Crippen LogP contribution in [0.3, 0.4) is 0 Å². The summed E-state index contributed by atoms with van der Waals surface area (Å²) < 4.78 is 111. The minimum Gasteiger partial charge on any atom is -0.494 e. The number of aldehydes is 1. The first-order valence-electron chi connectivity index (χ1n) is 35.2. The first kappa shape index (κ1) is 87.1. The van der Waals surface area contributed by atoms with E-state index in [4.69, 9.17) is 56.7 Å². The van der Waals surface area contributed by atoms with Gasteiger partial charge in [0.2, 0.25) is 0 Å². The molecule has 0 saturated heterocycles. The summed E-state index contributed by atoms with van der Waals surface area (Å²) in [6.07, 6.45) is -3.33. The maximum Gasteiger partial charge on any atom is 0.389 e. The summed E-state index contributed by atoms with van der Waals surface area (Å²) in [6.45, 7) is 8.47. The molecule has 0 fully saturated rings. The lowest BCUT2D eigenvalue weighted by molar-refractivity contribution is -0.384. The monoisotopic (exact) mass is 1530 g/mol. The van der Waals surface area contributed by atoms with Crippen molar-refractivity contribution >= 4 is 73.5 Å². The van der Waals surface area contributed by atoms with E-state index in [1.165, 1.54) is 12.1 Å². The number of rotatable bonds is 30. The first-order valence-corrected chi connectivity index (χ1v) is 35.2. The molecular weight excluding hydrogens is 1440 g/mol. The van der Waals surface area contributed by atoms with Gasteiger partial charge in [0.05, 0.1) is 87.4 Å². The van der Waals surface area contributed by atoms with Crippen LogP contribution >= 0.6 is 0 Å². The number of H-pyrrole nitrogens is 3. The number of benzene rings is 8. The number of carbonyl (C=O) groups excluding carboxylic acids is 1. The van der Waals surface area contributed by atoms with Crippen LogP contribution in [0.1, 0.15) is 88.4 Å². The molecule has 590 valence electrons. The normalized spacial score (nSPS) is 11.1. The van der Waals surface area contributed by atoms with E-state index in [1.807, 2.05) is 93.0 Å². The number of aromatic amines is 3. The number of fused-ring (bicyclic) bond motifs is 3. The average molecular weight is 1540 g/mol. The van der Waals surface area contributed by atoms with Gasteiger partial charge in [-0.05, 0) is 127 Å². The Balaban J connectivity index is 0.000000227. The van der Waals surface area contributed by atoms with Gasteiger partial charge in [-0.15, -0.1) is 0 Å². The quantitative estimate of drug-likeness (QED) is 0.00517. The number of nitrogen functional groups attached to an aromatic ring is 4. The molecule has 12 N–H and O–H groups in total. The fourth-order valence-corrected chi connectivity index (χ4v) is 9.83. The molecule has 0 bridgehead atoms. The molecule has 3 heterocycles. The van der Waals surface area contributed by atoms with E-state index < -0.39 is 40.9 Å². The number of nitrogens with zero attached hydrogens (tertiary/aromatic N) is 7. The lowest BCUT2D eigenvalue weighted by Gasteiger charge is -2.10. The number of nitro groups is 2. The second kappa shape index (κ2) is 43.9. The summed E-state index contributed by atoms with van der Waals surface area (Å²) in [5, 5.41) is 28.5. The highest BCUT2D eigenvalue weighted by Crippen LogP contribution is 2.32. The molecule has 0 amide bonds. The zero-order valence-electron chi connectivity index (χ0n) is 61.9. The van der Waals surface area contributed by atoms with Gasteiger partial charge in [0.15, 0.2) is 0 Å². The number of unbranched alkanes of at least 4 members (excludes halogenated alkanes) is 2. The Kier molecular flexibility index (Phi) is 34.8. The highest BCUT2D eigenvalue weighted by atomic mass is 19.4. The Morgan fingerprint density at radius 2 is 0.782 bits per heavy atom.